The smallest absolute Gasteiger partial charge is 0.239 e. The molecule has 0 saturated carbocycles. The number of hydrogen-bond acceptors (Lipinski definition) is 4. The van der Waals surface area contributed by atoms with Gasteiger partial charge >= 0.3 is 0 Å². The number of piperidine rings is 1. The number of nitrogens with zero attached hydrogens (tertiary/aromatic N) is 3. The van der Waals surface area contributed by atoms with Crippen molar-refractivity contribution in [2.45, 2.75) is 71.4 Å². The molecule has 3 atom stereocenters. The van der Waals surface area contributed by atoms with Gasteiger partial charge in [-0.05, 0) is 50.9 Å². The number of rotatable bonds is 5. The number of piperazine rings is 1. The summed E-state index contributed by atoms with van der Waals surface area (Å²) in [4.78, 5) is 31.8. The first kappa shape index (κ1) is 21.6. The third kappa shape index (κ3) is 5.47. The summed E-state index contributed by atoms with van der Waals surface area (Å²) in [6.07, 6.45) is 6.44. The SMILES string of the molecule is CC(C)[C@@H]1C[C@H](CC(=O)N2CCN([C@@H](C)C(=O)N3CCCCC3)CC2)CCO1. The van der Waals surface area contributed by atoms with E-state index in [1.807, 2.05) is 16.7 Å². The lowest BCUT2D eigenvalue weighted by molar-refractivity contribution is -0.140. The second-order valence-corrected chi connectivity index (χ2v) is 9.23. The van der Waals surface area contributed by atoms with Crippen molar-refractivity contribution >= 4 is 11.8 Å². The van der Waals surface area contributed by atoms with Gasteiger partial charge in [0.25, 0.3) is 0 Å². The van der Waals surface area contributed by atoms with Crippen LogP contribution in [-0.4, -0.2) is 84.5 Å². The zero-order chi connectivity index (χ0) is 20.1. The van der Waals surface area contributed by atoms with Crippen LogP contribution in [0.5, 0.6) is 0 Å². The van der Waals surface area contributed by atoms with Crippen LogP contribution in [0.15, 0.2) is 0 Å². The molecule has 3 rings (SSSR count). The predicted octanol–water partition coefficient (Wildman–Crippen LogP) is 2.37. The highest BCUT2D eigenvalue weighted by molar-refractivity contribution is 5.81. The molecule has 0 aromatic carbocycles. The molecule has 0 spiro atoms. The van der Waals surface area contributed by atoms with Gasteiger partial charge in [-0.15, -0.1) is 0 Å². The Bertz CT molecular complexity index is 525. The monoisotopic (exact) mass is 393 g/mol. The molecule has 3 aliphatic rings. The van der Waals surface area contributed by atoms with Gasteiger partial charge in [0, 0.05) is 52.3 Å². The number of hydrogen-bond donors (Lipinski definition) is 0. The highest BCUT2D eigenvalue weighted by Crippen LogP contribution is 2.28. The minimum absolute atomic E-state index is 0.0716. The van der Waals surface area contributed by atoms with Crippen molar-refractivity contribution < 1.29 is 14.3 Å². The summed E-state index contributed by atoms with van der Waals surface area (Å²) in [5, 5.41) is 0. The van der Waals surface area contributed by atoms with E-state index in [0.717, 1.165) is 71.6 Å². The molecule has 0 radical (unpaired) electrons. The van der Waals surface area contributed by atoms with Crippen molar-refractivity contribution in [1.82, 2.24) is 14.7 Å². The van der Waals surface area contributed by atoms with Gasteiger partial charge in [0.15, 0.2) is 0 Å². The minimum atomic E-state index is -0.0716. The van der Waals surface area contributed by atoms with Gasteiger partial charge < -0.3 is 14.5 Å². The number of carbonyl (C=O) groups is 2. The van der Waals surface area contributed by atoms with E-state index in [-0.39, 0.29) is 17.9 Å². The van der Waals surface area contributed by atoms with Crippen LogP contribution in [0.1, 0.15) is 59.3 Å². The van der Waals surface area contributed by atoms with E-state index in [2.05, 4.69) is 18.7 Å². The molecule has 28 heavy (non-hydrogen) atoms. The second-order valence-electron chi connectivity index (χ2n) is 9.23. The van der Waals surface area contributed by atoms with E-state index in [1.54, 1.807) is 0 Å². The molecule has 6 nitrogen and oxygen atoms in total. The van der Waals surface area contributed by atoms with Gasteiger partial charge in [-0.3, -0.25) is 14.5 Å². The van der Waals surface area contributed by atoms with E-state index in [9.17, 15) is 9.59 Å². The average molecular weight is 394 g/mol. The average Bonchev–Trinajstić information content (AvgIpc) is 2.73. The Morgan fingerprint density at radius 1 is 0.929 bits per heavy atom. The van der Waals surface area contributed by atoms with E-state index in [1.165, 1.54) is 6.42 Å². The Morgan fingerprint density at radius 2 is 1.61 bits per heavy atom. The summed E-state index contributed by atoms with van der Waals surface area (Å²) < 4.78 is 5.84. The van der Waals surface area contributed by atoms with Crippen LogP contribution in [0.25, 0.3) is 0 Å². The highest BCUT2D eigenvalue weighted by Gasteiger charge is 2.32. The largest absolute Gasteiger partial charge is 0.378 e. The van der Waals surface area contributed by atoms with Crippen LogP contribution in [-0.2, 0) is 14.3 Å². The third-order valence-corrected chi connectivity index (χ3v) is 6.87. The van der Waals surface area contributed by atoms with Gasteiger partial charge in [-0.25, -0.2) is 0 Å². The molecule has 0 aromatic rings. The van der Waals surface area contributed by atoms with Gasteiger partial charge in [-0.2, -0.15) is 0 Å². The summed E-state index contributed by atoms with van der Waals surface area (Å²) in [6.45, 7) is 12.1. The molecule has 0 unspecified atom stereocenters. The van der Waals surface area contributed by atoms with Crippen LogP contribution in [0.3, 0.4) is 0 Å². The highest BCUT2D eigenvalue weighted by atomic mass is 16.5. The quantitative estimate of drug-likeness (QED) is 0.720. The van der Waals surface area contributed by atoms with Crippen molar-refractivity contribution in [3.05, 3.63) is 0 Å². The van der Waals surface area contributed by atoms with Crippen molar-refractivity contribution in [2.24, 2.45) is 11.8 Å². The molecule has 2 amide bonds. The fraction of sp³-hybridized carbons (Fsp3) is 0.909. The van der Waals surface area contributed by atoms with Gasteiger partial charge in [0.2, 0.25) is 11.8 Å². The molecular weight excluding hydrogens is 354 g/mol. The Balaban J connectivity index is 1.42. The van der Waals surface area contributed by atoms with Crippen LogP contribution in [0.2, 0.25) is 0 Å². The van der Waals surface area contributed by atoms with Crippen molar-refractivity contribution in [3.8, 4) is 0 Å². The molecule has 0 aromatic heterocycles. The van der Waals surface area contributed by atoms with E-state index in [0.29, 0.717) is 24.4 Å². The predicted molar refractivity (Wildman–Crippen MR) is 110 cm³/mol. The Morgan fingerprint density at radius 3 is 2.25 bits per heavy atom. The van der Waals surface area contributed by atoms with Crippen molar-refractivity contribution in [1.29, 1.82) is 0 Å². The van der Waals surface area contributed by atoms with E-state index < -0.39 is 0 Å². The van der Waals surface area contributed by atoms with Crippen LogP contribution in [0, 0.1) is 11.8 Å². The number of carbonyl (C=O) groups excluding carboxylic acids is 2. The zero-order valence-corrected chi connectivity index (χ0v) is 18.1. The maximum Gasteiger partial charge on any atom is 0.239 e. The molecule has 0 N–H and O–H groups in total. The topological polar surface area (TPSA) is 53.1 Å². The number of amides is 2. The lowest BCUT2D eigenvalue weighted by atomic mass is 9.87. The summed E-state index contributed by atoms with van der Waals surface area (Å²) in [6, 6.07) is -0.0716. The lowest BCUT2D eigenvalue weighted by Gasteiger charge is -2.40. The summed E-state index contributed by atoms with van der Waals surface area (Å²) >= 11 is 0. The maximum atomic E-state index is 12.8. The van der Waals surface area contributed by atoms with Crippen molar-refractivity contribution in [2.75, 3.05) is 45.9 Å². The fourth-order valence-corrected chi connectivity index (χ4v) is 4.82. The Kier molecular flexibility index (Phi) is 7.75. The van der Waals surface area contributed by atoms with Crippen LogP contribution < -0.4 is 0 Å². The first-order chi connectivity index (χ1) is 13.5. The van der Waals surface area contributed by atoms with E-state index >= 15 is 0 Å². The molecule has 0 aliphatic carbocycles. The van der Waals surface area contributed by atoms with E-state index in [4.69, 9.17) is 4.74 Å². The summed E-state index contributed by atoms with van der Waals surface area (Å²) in [7, 11) is 0. The molecule has 6 heteroatoms. The zero-order valence-electron chi connectivity index (χ0n) is 18.1. The van der Waals surface area contributed by atoms with Crippen LogP contribution >= 0.6 is 0 Å². The second kappa shape index (κ2) is 10.1. The molecule has 3 aliphatic heterocycles. The summed E-state index contributed by atoms with van der Waals surface area (Å²) in [5.74, 6) is 1.51. The minimum Gasteiger partial charge on any atom is -0.378 e. The number of likely N-dealkylation sites (tertiary alicyclic amines) is 1. The molecule has 0 bridgehead atoms. The molecule has 160 valence electrons. The molecule has 3 saturated heterocycles. The standard InChI is InChI=1S/C22H39N3O3/c1-17(2)20-15-19(7-14-28-20)16-21(26)24-12-10-23(11-13-24)18(3)22(27)25-8-5-4-6-9-25/h17-20H,4-16H2,1-3H3/t18-,19+,20-/m0/s1. The van der Waals surface area contributed by atoms with Gasteiger partial charge in [-0.1, -0.05) is 13.8 Å². The van der Waals surface area contributed by atoms with Crippen LogP contribution in [0.4, 0.5) is 0 Å². The van der Waals surface area contributed by atoms with Gasteiger partial charge in [0.1, 0.15) is 0 Å². The Labute approximate surface area is 170 Å². The molecule has 3 fully saturated rings. The van der Waals surface area contributed by atoms with Gasteiger partial charge in [0.05, 0.1) is 12.1 Å². The molecular formula is C22H39N3O3. The number of ether oxygens (including phenoxy) is 1. The van der Waals surface area contributed by atoms with Crippen molar-refractivity contribution in [3.63, 3.8) is 0 Å². The third-order valence-electron chi connectivity index (χ3n) is 6.87. The first-order valence-corrected chi connectivity index (χ1v) is 11.4. The first-order valence-electron chi connectivity index (χ1n) is 11.4. The normalized spacial score (nSPS) is 28.4. The maximum absolute atomic E-state index is 12.8. The Hall–Kier alpha value is -1.14. The summed E-state index contributed by atoms with van der Waals surface area (Å²) in [5.41, 5.74) is 0. The lowest BCUT2D eigenvalue weighted by Crippen LogP contribution is -2.56. The fourth-order valence-electron chi connectivity index (χ4n) is 4.82. The molecule has 3 heterocycles.